The van der Waals surface area contributed by atoms with Crippen molar-refractivity contribution in [2.24, 2.45) is 11.3 Å². The first-order valence-electron chi connectivity index (χ1n) is 13.8. The van der Waals surface area contributed by atoms with Crippen molar-refractivity contribution >= 4 is 27.6 Å². The Morgan fingerprint density at radius 2 is 1.93 bits per heavy atom. The minimum absolute atomic E-state index is 0. The molecule has 3 aromatic rings. The van der Waals surface area contributed by atoms with Crippen LogP contribution in [0.5, 0.6) is 5.75 Å². The standard InChI is InChI=1S/C30H36FN5O4S.2H2/c1-19(2)16-40-22-14-20(13-21(31)15-22)24-10-9-23(28(37)35-41(38,39)26-8-5-7-25(32)34-26)27(33-24)36-18-30(11-6-12-30)17-29(36,3)4;;/h5,7-10,13-15,19H,6,11-12,16-18H2,1-4H3,(H2,32,34)(H,35,37);2*1H. The van der Waals surface area contributed by atoms with Crippen LogP contribution >= 0.6 is 0 Å². The van der Waals surface area contributed by atoms with Crippen molar-refractivity contribution in [2.45, 2.75) is 63.9 Å². The van der Waals surface area contributed by atoms with E-state index in [0.29, 0.717) is 36.0 Å². The molecule has 5 rings (SSSR count). The minimum Gasteiger partial charge on any atom is -0.493 e. The third-order valence-electron chi connectivity index (χ3n) is 7.82. The molecule has 1 spiro atoms. The molecule has 0 radical (unpaired) electrons. The quantitative estimate of drug-likeness (QED) is 0.346. The predicted octanol–water partition coefficient (Wildman–Crippen LogP) is 5.67. The largest absolute Gasteiger partial charge is 0.493 e. The van der Waals surface area contributed by atoms with Crippen molar-refractivity contribution < 1.29 is 25.2 Å². The van der Waals surface area contributed by atoms with Gasteiger partial charge in [-0.15, -0.1) is 0 Å². The molecule has 2 aliphatic rings. The maximum absolute atomic E-state index is 14.6. The zero-order valence-electron chi connectivity index (χ0n) is 23.8. The number of benzene rings is 1. The number of nitrogens with zero attached hydrogens (tertiary/aromatic N) is 3. The number of nitrogens with two attached hydrogens (primary N) is 1. The van der Waals surface area contributed by atoms with Crippen LogP contribution in [0.4, 0.5) is 16.0 Å². The van der Waals surface area contributed by atoms with Crippen LogP contribution in [-0.4, -0.2) is 43.0 Å². The summed E-state index contributed by atoms with van der Waals surface area (Å²) < 4.78 is 48.6. The number of hydrogen-bond acceptors (Lipinski definition) is 8. The molecule has 0 unspecified atom stereocenters. The molecule has 0 atom stereocenters. The van der Waals surface area contributed by atoms with E-state index in [1.807, 2.05) is 13.8 Å². The van der Waals surface area contributed by atoms with Gasteiger partial charge in [-0.3, -0.25) is 4.79 Å². The molecule has 1 aromatic carbocycles. The highest BCUT2D eigenvalue weighted by molar-refractivity contribution is 7.90. The zero-order valence-corrected chi connectivity index (χ0v) is 24.6. The highest BCUT2D eigenvalue weighted by Gasteiger charge is 2.52. The summed E-state index contributed by atoms with van der Waals surface area (Å²) in [6.45, 7) is 9.33. The number of nitrogens with one attached hydrogen (secondary N) is 1. The van der Waals surface area contributed by atoms with Crippen molar-refractivity contribution in [2.75, 3.05) is 23.8 Å². The van der Waals surface area contributed by atoms with Crippen LogP contribution < -0.4 is 20.1 Å². The molecule has 41 heavy (non-hydrogen) atoms. The molecule has 1 aliphatic carbocycles. The molecular weight excluding hydrogens is 545 g/mol. The van der Waals surface area contributed by atoms with Gasteiger partial charge in [-0.25, -0.2) is 19.1 Å². The summed E-state index contributed by atoms with van der Waals surface area (Å²) in [5.41, 5.74) is 6.47. The van der Waals surface area contributed by atoms with Crippen LogP contribution in [0.2, 0.25) is 0 Å². The van der Waals surface area contributed by atoms with Gasteiger partial charge in [-0.2, -0.15) is 8.42 Å². The summed E-state index contributed by atoms with van der Waals surface area (Å²) in [5.74, 6) is -0.299. The van der Waals surface area contributed by atoms with E-state index in [9.17, 15) is 17.6 Å². The molecule has 3 heterocycles. The number of sulfonamides is 1. The number of amides is 1. The average Bonchev–Trinajstić information content (AvgIpc) is 3.18. The summed E-state index contributed by atoms with van der Waals surface area (Å²) in [6, 6.07) is 11.7. The third kappa shape index (κ3) is 6.00. The molecule has 2 fully saturated rings. The van der Waals surface area contributed by atoms with Crippen LogP contribution in [0.3, 0.4) is 0 Å². The van der Waals surface area contributed by atoms with Crippen LogP contribution in [0, 0.1) is 17.2 Å². The molecule has 222 valence electrons. The Labute approximate surface area is 243 Å². The van der Waals surface area contributed by atoms with Gasteiger partial charge in [-0.05, 0) is 80.8 Å². The van der Waals surface area contributed by atoms with Crippen molar-refractivity contribution in [1.82, 2.24) is 14.7 Å². The van der Waals surface area contributed by atoms with Crippen molar-refractivity contribution in [3.05, 3.63) is 59.9 Å². The molecule has 1 saturated heterocycles. The van der Waals surface area contributed by atoms with Gasteiger partial charge in [0.25, 0.3) is 15.9 Å². The fourth-order valence-electron chi connectivity index (χ4n) is 5.85. The van der Waals surface area contributed by atoms with Gasteiger partial charge in [0.15, 0.2) is 5.03 Å². The van der Waals surface area contributed by atoms with Gasteiger partial charge >= 0.3 is 0 Å². The summed E-state index contributed by atoms with van der Waals surface area (Å²) in [6.07, 6.45) is 4.25. The number of anilines is 2. The monoisotopic (exact) mass is 585 g/mol. The summed E-state index contributed by atoms with van der Waals surface area (Å²) in [5, 5.41) is -0.361. The summed E-state index contributed by atoms with van der Waals surface area (Å²) in [4.78, 5) is 24.4. The Morgan fingerprint density at radius 3 is 2.56 bits per heavy atom. The lowest BCUT2D eigenvalue weighted by Crippen LogP contribution is -2.41. The number of aromatic nitrogens is 2. The maximum atomic E-state index is 14.6. The lowest BCUT2D eigenvalue weighted by Gasteiger charge is -2.38. The molecule has 1 amide bonds. The first kappa shape index (κ1) is 28.8. The number of ether oxygens (including phenoxy) is 1. The van der Waals surface area contributed by atoms with E-state index in [1.54, 1.807) is 12.1 Å². The van der Waals surface area contributed by atoms with E-state index in [4.69, 9.17) is 15.5 Å². The Morgan fingerprint density at radius 1 is 1.17 bits per heavy atom. The first-order valence-corrected chi connectivity index (χ1v) is 15.3. The number of pyridine rings is 2. The van der Waals surface area contributed by atoms with Crippen molar-refractivity contribution in [3.8, 4) is 17.0 Å². The third-order valence-corrected chi connectivity index (χ3v) is 9.05. The highest BCUT2D eigenvalue weighted by Crippen LogP contribution is 2.55. The van der Waals surface area contributed by atoms with Gasteiger partial charge in [0.05, 0.1) is 17.9 Å². The van der Waals surface area contributed by atoms with Crippen LogP contribution in [0.15, 0.2) is 53.6 Å². The fourth-order valence-corrected chi connectivity index (χ4v) is 6.79. The number of carbonyl (C=O) groups excluding carboxylic acids is 1. The summed E-state index contributed by atoms with van der Waals surface area (Å²) in [7, 11) is -4.31. The van der Waals surface area contributed by atoms with E-state index < -0.39 is 21.7 Å². The average molecular weight is 586 g/mol. The Hall–Kier alpha value is -3.73. The van der Waals surface area contributed by atoms with Crippen LogP contribution in [0.1, 0.15) is 66.6 Å². The van der Waals surface area contributed by atoms with E-state index in [1.165, 1.54) is 36.4 Å². The topological polar surface area (TPSA) is 128 Å². The Bertz CT molecular complexity index is 1600. The number of hydrogen-bond donors (Lipinski definition) is 2. The first-order chi connectivity index (χ1) is 19.3. The molecule has 3 N–H and O–H groups in total. The van der Waals surface area contributed by atoms with E-state index >= 15 is 0 Å². The van der Waals surface area contributed by atoms with Gasteiger partial charge in [0.2, 0.25) is 0 Å². The highest BCUT2D eigenvalue weighted by atomic mass is 32.2. The Balaban J connectivity index is 0.00000253. The van der Waals surface area contributed by atoms with Crippen molar-refractivity contribution in [1.29, 1.82) is 0 Å². The van der Waals surface area contributed by atoms with Gasteiger partial charge in [0, 0.05) is 26.6 Å². The normalized spacial score (nSPS) is 17.5. The fraction of sp³-hybridized carbons (Fsp3) is 0.433. The molecule has 2 aromatic heterocycles. The van der Waals surface area contributed by atoms with Crippen LogP contribution in [-0.2, 0) is 10.0 Å². The van der Waals surface area contributed by atoms with Gasteiger partial charge in [0.1, 0.15) is 23.2 Å². The van der Waals surface area contributed by atoms with Crippen LogP contribution in [0.25, 0.3) is 11.3 Å². The number of rotatable bonds is 8. The van der Waals surface area contributed by atoms with Gasteiger partial charge in [-0.1, -0.05) is 26.3 Å². The Kier molecular flexibility index (Phi) is 7.44. The minimum atomic E-state index is -4.31. The second-order valence-electron chi connectivity index (χ2n) is 12.2. The molecule has 11 heteroatoms. The predicted molar refractivity (Wildman–Crippen MR) is 160 cm³/mol. The lowest BCUT2D eigenvalue weighted by molar-refractivity contribution is 0.0981. The second-order valence-corrected chi connectivity index (χ2v) is 13.8. The molecular formula is C30H40FN5O4S. The molecule has 9 nitrogen and oxygen atoms in total. The van der Waals surface area contributed by atoms with Gasteiger partial charge < -0.3 is 15.4 Å². The maximum Gasteiger partial charge on any atom is 0.281 e. The number of carbonyl (C=O) groups is 1. The smallest absolute Gasteiger partial charge is 0.281 e. The van der Waals surface area contributed by atoms with E-state index in [2.05, 4.69) is 28.5 Å². The molecule has 1 saturated carbocycles. The SMILES string of the molecule is CC(C)COc1cc(F)cc(-c2ccc(C(=O)NS(=O)(=O)c3cccc(N)n3)c(N3CC4(CCC4)CC3(C)C)n2)c1.[HH].[HH]. The molecule has 0 bridgehead atoms. The van der Waals surface area contributed by atoms with Crippen molar-refractivity contribution in [3.63, 3.8) is 0 Å². The van der Waals surface area contributed by atoms with E-state index in [0.717, 1.165) is 25.7 Å². The lowest BCUT2D eigenvalue weighted by atomic mass is 9.66. The number of nitrogen functional groups attached to an aromatic ring is 1. The number of halogens is 1. The molecule has 1 aliphatic heterocycles. The second kappa shape index (κ2) is 10.6. The summed E-state index contributed by atoms with van der Waals surface area (Å²) >= 11 is 0. The zero-order chi connectivity index (χ0) is 29.6. The van der Waals surface area contributed by atoms with E-state index in [-0.39, 0.29) is 36.1 Å².